The molecule has 10 heteroatoms. The van der Waals surface area contributed by atoms with Crippen LogP contribution in [0.3, 0.4) is 0 Å². The van der Waals surface area contributed by atoms with Crippen molar-refractivity contribution in [1.29, 1.82) is 0 Å². The molecular formula is C33H32N2O8. The number of unbranched alkanes of at least 4 members (excludes halogenated alkanes) is 2. The smallest absolute Gasteiger partial charge is 0.261 e. The van der Waals surface area contributed by atoms with E-state index in [-0.39, 0.29) is 46.5 Å². The van der Waals surface area contributed by atoms with E-state index in [1.54, 1.807) is 30.3 Å². The van der Waals surface area contributed by atoms with Gasteiger partial charge in [-0.1, -0.05) is 31.9 Å². The van der Waals surface area contributed by atoms with Gasteiger partial charge in [0.25, 0.3) is 17.7 Å². The predicted octanol–water partition coefficient (Wildman–Crippen LogP) is 3.99. The SMILES string of the molecule is CCCCCc1cc(CN2C(=O)c3ccccc3C2=O)c(O)c2c1CC1CC3CC(O)=C(C(N)=O)C(=O)C3C(O)=C1C2=O. The van der Waals surface area contributed by atoms with Crippen LogP contribution < -0.4 is 5.73 Å². The zero-order valence-corrected chi connectivity index (χ0v) is 23.7. The molecule has 5 N–H and O–H groups in total. The number of rotatable bonds is 7. The summed E-state index contributed by atoms with van der Waals surface area (Å²) < 4.78 is 0. The van der Waals surface area contributed by atoms with Crippen molar-refractivity contribution in [3.63, 3.8) is 0 Å². The number of aromatic hydroxyl groups is 1. The molecule has 0 saturated carbocycles. The second-order valence-corrected chi connectivity index (χ2v) is 11.9. The van der Waals surface area contributed by atoms with Crippen LogP contribution in [0.1, 0.15) is 86.8 Å². The van der Waals surface area contributed by atoms with Gasteiger partial charge >= 0.3 is 0 Å². The number of phenolic OH excluding ortho intramolecular Hbond substituents is 1. The van der Waals surface area contributed by atoms with Gasteiger partial charge in [0.1, 0.15) is 22.8 Å². The molecule has 3 unspecified atom stereocenters. The van der Waals surface area contributed by atoms with E-state index in [1.807, 2.05) is 0 Å². The lowest BCUT2D eigenvalue weighted by Crippen LogP contribution is -2.43. The van der Waals surface area contributed by atoms with Crippen LogP contribution in [0.2, 0.25) is 0 Å². The van der Waals surface area contributed by atoms with Crippen molar-refractivity contribution in [3.05, 3.63) is 86.4 Å². The molecule has 3 aliphatic carbocycles. The fourth-order valence-electron chi connectivity index (χ4n) is 7.31. The van der Waals surface area contributed by atoms with Crippen molar-refractivity contribution in [3.8, 4) is 5.75 Å². The first-order valence-electron chi connectivity index (χ1n) is 14.6. The molecule has 43 heavy (non-hydrogen) atoms. The van der Waals surface area contributed by atoms with Crippen LogP contribution in [0.5, 0.6) is 5.75 Å². The lowest BCUT2D eigenvalue weighted by atomic mass is 9.62. The lowest BCUT2D eigenvalue weighted by Gasteiger charge is -2.41. The van der Waals surface area contributed by atoms with E-state index in [0.29, 0.717) is 24.8 Å². The minimum absolute atomic E-state index is 0.00000109. The monoisotopic (exact) mass is 584 g/mol. The van der Waals surface area contributed by atoms with Crippen LogP contribution in [-0.2, 0) is 29.0 Å². The van der Waals surface area contributed by atoms with Gasteiger partial charge in [-0.15, -0.1) is 0 Å². The number of primary amides is 1. The fourth-order valence-corrected chi connectivity index (χ4v) is 7.31. The standard InChI is InChI=1S/C33H32N2O8/c1-2-3-4-7-15-10-18(14-35-32(42)19-8-5-6-9-20(19)33(35)43)27(37)25-21(15)12-16-11-17-13-22(36)26(31(34)41)30(40)24(17)28(38)23(16)29(25)39/h5-6,8-10,16-17,24,36-38H,2-4,7,11-14H2,1H3,(H2,34,41). The molecule has 0 bridgehead atoms. The Morgan fingerprint density at radius 2 is 1.65 bits per heavy atom. The quantitative estimate of drug-likeness (QED) is 0.215. The highest BCUT2D eigenvalue weighted by Crippen LogP contribution is 2.50. The van der Waals surface area contributed by atoms with E-state index >= 15 is 0 Å². The van der Waals surface area contributed by atoms with Gasteiger partial charge in [-0.05, 0) is 66.8 Å². The second kappa shape index (κ2) is 10.5. The number of nitrogens with two attached hydrogens (primary N) is 1. The van der Waals surface area contributed by atoms with Gasteiger partial charge in [0.15, 0.2) is 11.6 Å². The van der Waals surface area contributed by atoms with Gasteiger partial charge in [0.05, 0.1) is 29.2 Å². The third kappa shape index (κ3) is 4.35. The van der Waals surface area contributed by atoms with Crippen LogP contribution >= 0.6 is 0 Å². The van der Waals surface area contributed by atoms with Crippen LogP contribution in [0, 0.1) is 17.8 Å². The number of ketones is 2. The molecule has 222 valence electrons. The van der Waals surface area contributed by atoms with Gasteiger partial charge in [0.2, 0.25) is 0 Å². The Kier molecular flexibility index (Phi) is 6.95. The molecule has 2 aromatic carbocycles. The first kappa shape index (κ1) is 28.4. The zero-order valence-electron chi connectivity index (χ0n) is 23.7. The number of hydrogen-bond acceptors (Lipinski definition) is 8. The first-order chi connectivity index (χ1) is 20.5. The number of nitrogens with zero attached hydrogens (tertiary/aromatic N) is 1. The number of hydrogen-bond donors (Lipinski definition) is 4. The summed E-state index contributed by atoms with van der Waals surface area (Å²) in [6, 6.07) is 8.23. The molecule has 10 nitrogen and oxygen atoms in total. The van der Waals surface area contributed by atoms with Crippen molar-refractivity contribution < 1.29 is 39.3 Å². The largest absolute Gasteiger partial charge is 0.511 e. The molecule has 0 aromatic heterocycles. The predicted molar refractivity (Wildman–Crippen MR) is 153 cm³/mol. The summed E-state index contributed by atoms with van der Waals surface area (Å²) in [6.07, 6.45) is 3.92. The maximum absolute atomic E-state index is 14.1. The van der Waals surface area contributed by atoms with Crippen molar-refractivity contribution in [2.45, 2.75) is 58.4 Å². The van der Waals surface area contributed by atoms with Crippen molar-refractivity contribution in [1.82, 2.24) is 4.90 Å². The third-order valence-corrected chi connectivity index (χ3v) is 9.31. The van der Waals surface area contributed by atoms with Crippen molar-refractivity contribution in [2.75, 3.05) is 0 Å². The first-order valence-corrected chi connectivity index (χ1v) is 14.6. The number of amides is 3. The average Bonchev–Trinajstić information content (AvgIpc) is 3.19. The fraction of sp³-hybridized carbons (Fsp3) is 0.364. The normalized spacial score (nSPS) is 22.9. The number of Topliss-reactive ketones (excluding diaryl/α,β-unsaturated/α-hetero) is 2. The summed E-state index contributed by atoms with van der Waals surface area (Å²) in [5, 5.41) is 33.3. The number of imide groups is 1. The van der Waals surface area contributed by atoms with E-state index in [1.165, 1.54) is 0 Å². The number of allylic oxidation sites excluding steroid dienone is 3. The highest BCUT2D eigenvalue weighted by atomic mass is 16.3. The number of aliphatic hydroxyl groups is 2. The van der Waals surface area contributed by atoms with Gasteiger partial charge in [-0.2, -0.15) is 0 Å². The minimum atomic E-state index is -1.21. The molecule has 3 atom stereocenters. The number of carbonyl (C=O) groups excluding carboxylic acids is 5. The maximum atomic E-state index is 14.1. The van der Waals surface area contributed by atoms with Crippen LogP contribution in [-0.4, -0.2) is 49.5 Å². The molecule has 0 spiro atoms. The molecule has 6 rings (SSSR count). The molecule has 1 heterocycles. The number of aryl methyl sites for hydroxylation is 1. The molecule has 3 amide bonds. The van der Waals surface area contributed by atoms with Gasteiger partial charge in [-0.3, -0.25) is 28.9 Å². The van der Waals surface area contributed by atoms with Crippen LogP contribution in [0.4, 0.5) is 0 Å². The van der Waals surface area contributed by atoms with Crippen molar-refractivity contribution >= 4 is 29.3 Å². The molecule has 1 aliphatic heterocycles. The summed E-state index contributed by atoms with van der Waals surface area (Å²) in [6.45, 7) is 1.82. The van der Waals surface area contributed by atoms with Crippen molar-refractivity contribution in [2.24, 2.45) is 23.5 Å². The number of aliphatic hydroxyl groups excluding tert-OH is 2. The molecule has 2 aromatic rings. The van der Waals surface area contributed by atoms with Crippen LogP contribution in [0.15, 0.2) is 53.0 Å². The summed E-state index contributed by atoms with van der Waals surface area (Å²) in [5.41, 5.74) is 6.99. The lowest BCUT2D eigenvalue weighted by molar-refractivity contribution is -0.126. The summed E-state index contributed by atoms with van der Waals surface area (Å²) in [4.78, 5) is 66.4. The maximum Gasteiger partial charge on any atom is 0.261 e. The third-order valence-electron chi connectivity index (χ3n) is 9.31. The van der Waals surface area contributed by atoms with Gasteiger partial charge in [0, 0.05) is 17.6 Å². The zero-order chi connectivity index (χ0) is 30.7. The van der Waals surface area contributed by atoms with Crippen LogP contribution in [0.25, 0.3) is 0 Å². The Balaban J connectivity index is 1.43. The molecule has 0 fully saturated rings. The topological polar surface area (TPSA) is 175 Å². The van der Waals surface area contributed by atoms with E-state index in [2.05, 4.69) is 6.92 Å². The number of carbonyl (C=O) groups is 5. The van der Waals surface area contributed by atoms with E-state index in [4.69, 9.17) is 5.73 Å². The summed E-state index contributed by atoms with van der Waals surface area (Å²) >= 11 is 0. The number of benzene rings is 2. The minimum Gasteiger partial charge on any atom is -0.511 e. The molecule has 4 aliphatic rings. The Hall–Kier alpha value is -4.73. The number of phenols is 1. The summed E-state index contributed by atoms with van der Waals surface area (Å²) in [7, 11) is 0. The molecular weight excluding hydrogens is 552 g/mol. The highest BCUT2D eigenvalue weighted by Gasteiger charge is 2.50. The Bertz CT molecular complexity index is 1670. The van der Waals surface area contributed by atoms with E-state index < -0.39 is 64.1 Å². The Labute approximate surface area is 247 Å². The second-order valence-electron chi connectivity index (χ2n) is 11.9. The molecule has 0 radical (unpaired) electrons. The Morgan fingerprint density at radius 3 is 2.28 bits per heavy atom. The number of fused-ring (bicyclic) bond motifs is 4. The summed E-state index contributed by atoms with van der Waals surface area (Å²) in [5.74, 6) is -7.00. The average molecular weight is 585 g/mol. The van der Waals surface area contributed by atoms with Gasteiger partial charge < -0.3 is 21.1 Å². The molecule has 0 saturated heterocycles. The van der Waals surface area contributed by atoms with E-state index in [0.717, 1.165) is 29.7 Å². The highest BCUT2D eigenvalue weighted by molar-refractivity contribution is 6.22. The Morgan fingerprint density at radius 1 is 0.977 bits per heavy atom. The van der Waals surface area contributed by atoms with Gasteiger partial charge in [-0.25, -0.2) is 0 Å². The van der Waals surface area contributed by atoms with E-state index in [9.17, 15) is 39.3 Å².